The molecule has 0 amide bonds. The summed E-state index contributed by atoms with van der Waals surface area (Å²) in [4.78, 5) is 28.0. The van der Waals surface area contributed by atoms with Crippen molar-refractivity contribution in [2.75, 3.05) is 24.6 Å². The zero-order chi connectivity index (χ0) is 30.9. The van der Waals surface area contributed by atoms with E-state index in [1.54, 1.807) is 0 Å². The maximum absolute atomic E-state index is 13.2. The Bertz CT molecular complexity index is 1440. The van der Waals surface area contributed by atoms with Crippen LogP contribution in [0.1, 0.15) is 120 Å². The number of Topliss-reactive ketones (excluding diaryl/α,β-unsaturated/α-hetero) is 2. The molecule has 5 heteroatoms. The van der Waals surface area contributed by atoms with Gasteiger partial charge in [0.15, 0.2) is 5.78 Å². The van der Waals surface area contributed by atoms with Crippen molar-refractivity contribution in [2.24, 2.45) is 34.5 Å². The second-order valence-electron chi connectivity index (χ2n) is 16.4. The SMILES string of the molecule is C=C1C=C(CCCC(=O)CO[C@H]2CC[C@H]3[C@@H]4CC[C@H]5CC(=O)CC[C@]5(C)[C@H]4CC[C@]23C)c2cc3c4c(c2O1)CCCN4CCC3. The van der Waals surface area contributed by atoms with Gasteiger partial charge in [-0.2, -0.15) is 0 Å². The Kier molecular flexibility index (Phi) is 7.58. The average molecular weight is 612 g/mol. The molecule has 0 bridgehead atoms. The van der Waals surface area contributed by atoms with Crippen LogP contribution in [0, 0.1) is 34.5 Å². The first-order chi connectivity index (χ1) is 21.7. The van der Waals surface area contributed by atoms with E-state index >= 15 is 0 Å². The molecule has 0 saturated heterocycles. The molecule has 45 heavy (non-hydrogen) atoms. The molecule has 0 spiro atoms. The Morgan fingerprint density at radius 3 is 2.71 bits per heavy atom. The van der Waals surface area contributed by atoms with Crippen molar-refractivity contribution in [1.82, 2.24) is 0 Å². The molecule has 1 aromatic rings. The van der Waals surface area contributed by atoms with E-state index in [1.165, 1.54) is 72.9 Å². The average Bonchev–Trinajstić information content (AvgIpc) is 3.37. The number of ketones is 2. The lowest BCUT2D eigenvalue weighted by atomic mass is 9.45. The Morgan fingerprint density at radius 2 is 1.84 bits per heavy atom. The topological polar surface area (TPSA) is 55.8 Å². The van der Waals surface area contributed by atoms with Gasteiger partial charge in [-0.1, -0.05) is 20.4 Å². The van der Waals surface area contributed by atoms with E-state index in [-0.39, 0.29) is 23.9 Å². The van der Waals surface area contributed by atoms with Crippen LogP contribution in [-0.2, 0) is 27.2 Å². The standard InChI is InChI=1S/C40H53NO4/c1-25-21-26(33-22-27-8-5-19-41-20-6-10-32(37(27)41)38(33)45-25)7-4-9-30(43)24-44-36-14-13-34-31-12-11-28-23-29(42)15-17-39(28,2)35(31)16-18-40(34,36)3/h21-22,28,31,34-36H,1,4-20,23-24H2,2-3H3/t28-,31-,34-,35-,36-,39-,40-/m0/s1. The molecule has 5 nitrogen and oxygen atoms in total. The van der Waals surface area contributed by atoms with Gasteiger partial charge >= 0.3 is 0 Å². The van der Waals surface area contributed by atoms with Gasteiger partial charge in [0.2, 0.25) is 0 Å². The number of benzene rings is 1. The van der Waals surface area contributed by atoms with E-state index < -0.39 is 0 Å². The number of rotatable bonds is 7. The lowest BCUT2D eigenvalue weighted by Gasteiger charge is -2.60. The molecule has 4 saturated carbocycles. The third-order valence-electron chi connectivity index (χ3n) is 14.1. The molecule has 0 N–H and O–H groups in total. The lowest BCUT2D eigenvalue weighted by molar-refractivity contribution is -0.148. The molecule has 0 radical (unpaired) electrons. The summed E-state index contributed by atoms with van der Waals surface area (Å²) in [6.45, 7) is 11.7. The second kappa shape index (κ2) is 11.4. The van der Waals surface area contributed by atoms with Gasteiger partial charge in [0.05, 0.1) is 6.10 Å². The van der Waals surface area contributed by atoms with E-state index in [0.29, 0.717) is 29.5 Å². The normalized spacial score (nSPS) is 36.6. The van der Waals surface area contributed by atoms with Gasteiger partial charge in [-0.05, 0) is 141 Å². The summed E-state index contributed by atoms with van der Waals surface area (Å²) in [5, 5.41) is 0. The van der Waals surface area contributed by atoms with Crippen LogP contribution in [0.2, 0.25) is 0 Å². The van der Waals surface area contributed by atoms with Gasteiger partial charge in [0, 0.05) is 49.2 Å². The van der Waals surface area contributed by atoms with Gasteiger partial charge in [-0.15, -0.1) is 0 Å². The highest BCUT2D eigenvalue weighted by atomic mass is 16.5. The monoisotopic (exact) mass is 611 g/mol. The van der Waals surface area contributed by atoms with Crippen LogP contribution in [0.3, 0.4) is 0 Å². The molecule has 8 rings (SSSR count). The zero-order valence-corrected chi connectivity index (χ0v) is 27.8. The van der Waals surface area contributed by atoms with Crippen molar-refractivity contribution in [3.05, 3.63) is 41.2 Å². The van der Waals surface area contributed by atoms with Gasteiger partial charge in [-0.25, -0.2) is 0 Å². The van der Waals surface area contributed by atoms with Crippen molar-refractivity contribution in [2.45, 2.75) is 123 Å². The highest BCUT2D eigenvalue weighted by Gasteiger charge is 2.60. The first-order valence-corrected chi connectivity index (χ1v) is 18.4. The molecule has 3 heterocycles. The van der Waals surface area contributed by atoms with Gasteiger partial charge in [0.1, 0.15) is 23.9 Å². The number of allylic oxidation sites excluding steroid dienone is 2. The number of fused-ring (bicyclic) bond motifs is 7. The van der Waals surface area contributed by atoms with Crippen molar-refractivity contribution in [1.29, 1.82) is 0 Å². The molecule has 242 valence electrons. The number of carbonyl (C=O) groups excluding carboxylic acids is 2. The van der Waals surface area contributed by atoms with Gasteiger partial charge < -0.3 is 14.4 Å². The number of nitrogens with zero attached hydrogens (tertiary/aromatic N) is 1. The molecule has 3 aliphatic heterocycles. The fraction of sp³-hybridized carbons (Fsp3) is 0.700. The molecular weight excluding hydrogens is 558 g/mol. The third-order valence-corrected chi connectivity index (χ3v) is 14.1. The smallest absolute Gasteiger partial charge is 0.158 e. The number of hydrogen-bond acceptors (Lipinski definition) is 5. The fourth-order valence-corrected chi connectivity index (χ4v) is 11.8. The molecule has 7 aliphatic rings. The first-order valence-electron chi connectivity index (χ1n) is 18.4. The minimum Gasteiger partial charge on any atom is -0.457 e. The Morgan fingerprint density at radius 1 is 1.02 bits per heavy atom. The Hall–Kier alpha value is -2.40. The summed E-state index contributed by atoms with van der Waals surface area (Å²) in [7, 11) is 0. The Labute approximate surface area is 270 Å². The summed E-state index contributed by atoms with van der Waals surface area (Å²) in [5.41, 5.74) is 7.29. The predicted octanol–water partition coefficient (Wildman–Crippen LogP) is 8.41. The summed E-state index contributed by atoms with van der Waals surface area (Å²) in [6, 6.07) is 2.38. The highest BCUT2D eigenvalue weighted by Crippen LogP contribution is 2.66. The van der Waals surface area contributed by atoms with Crippen LogP contribution in [0.15, 0.2) is 24.5 Å². The first kappa shape index (κ1) is 30.0. The number of hydrogen-bond donors (Lipinski definition) is 0. The van der Waals surface area contributed by atoms with E-state index in [2.05, 4.69) is 37.5 Å². The number of carbonyl (C=O) groups is 2. The van der Waals surface area contributed by atoms with Crippen LogP contribution in [-0.4, -0.2) is 37.4 Å². The molecule has 1 aromatic carbocycles. The number of ether oxygens (including phenoxy) is 2. The van der Waals surface area contributed by atoms with Crippen LogP contribution in [0.5, 0.6) is 5.75 Å². The van der Waals surface area contributed by atoms with E-state index in [9.17, 15) is 9.59 Å². The lowest BCUT2D eigenvalue weighted by Crippen LogP contribution is -2.54. The van der Waals surface area contributed by atoms with Crippen molar-refractivity contribution < 1.29 is 19.1 Å². The summed E-state index contributed by atoms with van der Waals surface area (Å²) < 4.78 is 12.8. The van der Waals surface area contributed by atoms with E-state index in [0.717, 1.165) is 87.8 Å². The minimum absolute atomic E-state index is 0.182. The van der Waals surface area contributed by atoms with E-state index in [4.69, 9.17) is 9.47 Å². The quantitative estimate of drug-likeness (QED) is 0.310. The highest BCUT2D eigenvalue weighted by molar-refractivity contribution is 5.83. The number of anilines is 1. The van der Waals surface area contributed by atoms with Crippen LogP contribution < -0.4 is 9.64 Å². The molecular formula is C40H53NO4. The predicted molar refractivity (Wildman–Crippen MR) is 178 cm³/mol. The van der Waals surface area contributed by atoms with E-state index in [1.807, 2.05) is 0 Å². The summed E-state index contributed by atoms with van der Waals surface area (Å²) >= 11 is 0. The van der Waals surface area contributed by atoms with Crippen LogP contribution >= 0.6 is 0 Å². The molecule has 7 atom stereocenters. The zero-order valence-electron chi connectivity index (χ0n) is 27.8. The second-order valence-corrected chi connectivity index (χ2v) is 16.4. The molecule has 4 fully saturated rings. The minimum atomic E-state index is 0.182. The van der Waals surface area contributed by atoms with Crippen molar-refractivity contribution >= 4 is 22.8 Å². The van der Waals surface area contributed by atoms with Gasteiger partial charge in [0.25, 0.3) is 0 Å². The Balaban J connectivity index is 0.877. The fourth-order valence-electron chi connectivity index (χ4n) is 11.8. The number of aryl methyl sites for hydroxylation is 1. The molecule has 0 aromatic heterocycles. The van der Waals surface area contributed by atoms with Gasteiger partial charge in [-0.3, -0.25) is 9.59 Å². The molecule has 0 unspecified atom stereocenters. The largest absolute Gasteiger partial charge is 0.457 e. The maximum Gasteiger partial charge on any atom is 0.158 e. The van der Waals surface area contributed by atoms with Crippen molar-refractivity contribution in [3.8, 4) is 5.75 Å². The van der Waals surface area contributed by atoms with Crippen LogP contribution in [0.4, 0.5) is 5.69 Å². The van der Waals surface area contributed by atoms with Crippen LogP contribution in [0.25, 0.3) is 5.57 Å². The summed E-state index contributed by atoms with van der Waals surface area (Å²) in [5.74, 6) is 5.28. The maximum atomic E-state index is 13.2. The molecule has 4 aliphatic carbocycles. The summed E-state index contributed by atoms with van der Waals surface area (Å²) in [6.07, 6.45) is 19.2. The van der Waals surface area contributed by atoms with Crippen molar-refractivity contribution in [3.63, 3.8) is 0 Å². The third kappa shape index (κ3) is 4.97.